The number of carbonyl (C=O) groups excluding carboxylic acids is 2. The van der Waals surface area contributed by atoms with Gasteiger partial charge in [-0.05, 0) is 38.3 Å². The van der Waals surface area contributed by atoms with E-state index in [2.05, 4.69) is 5.32 Å². The predicted molar refractivity (Wildman–Crippen MR) is 97.0 cm³/mol. The summed E-state index contributed by atoms with van der Waals surface area (Å²) in [4.78, 5) is 23.8. The average molecular weight is 381 g/mol. The van der Waals surface area contributed by atoms with Crippen LogP contribution in [-0.2, 0) is 4.74 Å². The third kappa shape index (κ3) is 3.22. The zero-order valence-electron chi connectivity index (χ0n) is 15.7. The Hall–Kier alpha value is -2.36. The minimum atomic E-state index is -1.93. The Bertz CT molecular complexity index is 732. The molecular formula is C18H27N3O6. The molecule has 27 heavy (non-hydrogen) atoms. The van der Waals surface area contributed by atoms with Crippen molar-refractivity contribution in [3.8, 4) is 5.75 Å². The molecule has 150 valence electrons. The maximum Gasteiger partial charge on any atom is 0.342 e. The first-order chi connectivity index (χ1) is 12.4. The molecule has 1 aromatic rings. The van der Waals surface area contributed by atoms with Gasteiger partial charge in [0.25, 0.3) is 0 Å². The molecule has 4 atom stereocenters. The number of nitrogens with two attached hydrogens (primary N) is 2. The summed E-state index contributed by atoms with van der Waals surface area (Å²) in [5.74, 6) is -1.10. The van der Waals surface area contributed by atoms with E-state index in [0.29, 0.717) is 5.56 Å². The molecule has 0 aliphatic heterocycles. The van der Waals surface area contributed by atoms with Crippen LogP contribution < -0.4 is 16.8 Å². The number of rotatable bonds is 5. The van der Waals surface area contributed by atoms with Crippen molar-refractivity contribution in [1.29, 1.82) is 0 Å². The number of benzene rings is 1. The minimum absolute atomic E-state index is 0.0277. The van der Waals surface area contributed by atoms with Crippen LogP contribution in [0.3, 0.4) is 0 Å². The molecule has 1 aromatic carbocycles. The third-order valence-corrected chi connectivity index (χ3v) is 5.77. The first kappa shape index (κ1) is 20.9. The average Bonchev–Trinajstić information content (AvgIpc) is 2.70. The second kappa shape index (κ2) is 6.99. The third-order valence-electron chi connectivity index (χ3n) is 5.77. The number of hydrogen-bond donors (Lipinski definition) is 6. The Labute approximate surface area is 157 Å². The summed E-state index contributed by atoms with van der Waals surface area (Å²) in [7, 11) is 0. The summed E-state index contributed by atoms with van der Waals surface area (Å²) in [6, 6.07) is 2.84. The quantitative estimate of drug-likeness (QED) is 0.387. The second-order valence-electron chi connectivity index (χ2n) is 7.27. The molecule has 1 saturated carbocycles. The Kier molecular flexibility index (Phi) is 5.42. The fourth-order valence-electron chi connectivity index (χ4n) is 4.02. The van der Waals surface area contributed by atoms with Crippen molar-refractivity contribution in [2.75, 3.05) is 6.61 Å². The SMILES string of the molecule is CC[C@]1(NC(N)=O)[C@@H](N)C[C@](O)(COC(=O)c2c(C)cccc2O)[C@]1(C)O. The van der Waals surface area contributed by atoms with Gasteiger partial charge in [-0.2, -0.15) is 0 Å². The highest BCUT2D eigenvalue weighted by Gasteiger charge is 2.68. The van der Waals surface area contributed by atoms with Gasteiger partial charge in [0.05, 0.1) is 5.54 Å². The lowest BCUT2D eigenvalue weighted by molar-refractivity contribution is -0.169. The summed E-state index contributed by atoms with van der Waals surface area (Å²) < 4.78 is 5.19. The van der Waals surface area contributed by atoms with Gasteiger partial charge < -0.3 is 36.8 Å². The van der Waals surface area contributed by atoms with E-state index in [1.54, 1.807) is 26.0 Å². The van der Waals surface area contributed by atoms with Crippen molar-refractivity contribution in [2.24, 2.45) is 11.5 Å². The van der Waals surface area contributed by atoms with E-state index in [1.807, 2.05) is 0 Å². The largest absolute Gasteiger partial charge is 0.507 e. The summed E-state index contributed by atoms with van der Waals surface area (Å²) >= 11 is 0. The van der Waals surface area contributed by atoms with Gasteiger partial charge >= 0.3 is 12.0 Å². The van der Waals surface area contributed by atoms with Crippen LogP contribution >= 0.6 is 0 Å². The van der Waals surface area contributed by atoms with Crippen LogP contribution in [0.25, 0.3) is 0 Å². The van der Waals surface area contributed by atoms with Crippen LogP contribution in [0.15, 0.2) is 18.2 Å². The second-order valence-corrected chi connectivity index (χ2v) is 7.27. The van der Waals surface area contributed by atoms with Crippen molar-refractivity contribution in [3.63, 3.8) is 0 Å². The molecule has 0 heterocycles. The number of esters is 1. The first-order valence-corrected chi connectivity index (χ1v) is 8.65. The van der Waals surface area contributed by atoms with Crippen molar-refractivity contribution >= 4 is 12.0 Å². The molecule has 9 heteroatoms. The zero-order chi connectivity index (χ0) is 20.6. The zero-order valence-corrected chi connectivity index (χ0v) is 15.7. The number of hydrogen-bond acceptors (Lipinski definition) is 7. The number of ether oxygens (including phenoxy) is 1. The fraction of sp³-hybridized carbons (Fsp3) is 0.556. The number of carbonyl (C=O) groups is 2. The Morgan fingerprint density at radius 1 is 1.37 bits per heavy atom. The van der Waals surface area contributed by atoms with Gasteiger partial charge in [-0.1, -0.05) is 19.1 Å². The molecule has 1 fully saturated rings. The molecule has 0 aromatic heterocycles. The topological polar surface area (TPSA) is 168 Å². The highest BCUT2D eigenvalue weighted by atomic mass is 16.5. The number of aliphatic hydroxyl groups is 2. The maximum atomic E-state index is 12.4. The van der Waals surface area contributed by atoms with E-state index in [9.17, 15) is 24.9 Å². The molecule has 1 aliphatic carbocycles. The summed E-state index contributed by atoms with van der Waals surface area (Å²) in [5, 5.41) is 34.5. The Morgan fingerprint density at radius 2 is 2.00 bits per heavy atom. The van der Waals surface area contributed by atoms with Crippen LogP contribution in [-0.4, -0.2) is 56.7 Å². The van der Waals surface area contributed by atoms with Crippen LogP contribution in [0.1, 0.15) is 42.6 Å². The lowest BCUT2D eigenvalue weighted by Gasteiger charge is -2.46. The lowest BCUT2D eigenvalue weighted by atomic mass is 9.75. The number of amides is 2. The van der Waals surface area contributed by atoms with Gasteiger partial charge in [-0.3, -0.25) is 0 Å². The molecule has 2 rings (SSSR count). The van der Waals surface area contributed by atoms with Crippen molar-refractivity contribution in [2.45, 2.75) is 56.4 Å². The van der Waals surface area contributed by atoms with Gasteiger partial charge in [0.15, 0.2) is 0 Å². The molecule has 0 unspecified atom stereocenters. The van der Waals surface area contributed by atoms with E-state index in [1.165, 1.54) is 13.0 Å². The van der Waals surface area contributed by atoms with E-state index >= 15 is 0 Å². The van der Waals surface area contributed by atoms with Crippen LogP contribution in [0.4, 0.5) is 4.79 Å². The Balaban J connectivity index is 2.28. The number of phenolic OH excluding ortho intramolecular Hbond substituents is 1. The smallest absolute Gasteiger partial charge is 0.342 e. The summed E-state index contributed by atoms with van der Waals surface area (Å²) in [6.07, 6.45) is 0.0557. The van der Waals surface area contributed by atoms with Crippen LogP contribution in [0, 0.1) is 6.92 Å². The van der Waals surface area contributed by atoms with Crippen molar-refractivity contribution < 1.29 is 29.6 Å². The van der Waals surface area contributed by atoms with Crippen molar-refractivity contribution in [3.05, 3.63) is 29.3 Å². The number of phenols is 1. The maximum absolute atomic E-state index is 12.4. The van der Waals surface area contributed by atoms with Crippen LogP contribution in [0.2, 0.25) is 0 Å². The molecule has 0 bridgehead atoms. The normalized spacial score (nSPS) is 32.9. The number of urea groups is 1. The van der Waals surface area contributed by atoms with Gasteiger partial charge in [-0.25, -0.2) is 9.59 Å². The van der Waals surface area contributed by atoms with E-state index < -0.39 is 41.4 Å². The highest BCUT2D eigenvalue weighted by molar-refractivity contribution is 5.94. The fourth-order valence-corrected chi connectivity index (χ4v) is 4.02. The summed E-state index contributed by atoms with van der Waals surface area (Å²) in [5.41, 5.74) is 6.55. The molecule has 1 aliphatic rings. The van der Waals surface area contributed by atoms with Gasteiger partial charge in [-0.15, -0.1) is 0 Å². The lowest BCUT2D eigenvalue weighted by Crippen LogP contribution is -2.72. The Morgan fingerprint density at radius 3 is 2.52 bits per heavy atom. The molecular weight excluding hydrogens is 354 g/mol. The molecule has 0 saturated heterocycles. The first-order valence-electron chi connectivity index (χ1n) is 8.65. The standard InChI is InChI=1S/C18H27N3O6/c1-4-18(21-15(20)24)12(19)8-17(26,16(18,3)25)9-27-14(23)13-10(2)6-5-7-11(13)22/h5-7,12,22,25-26H,4,8-9,19H2,1-3H3,(H3,20,21,24)/t12-,16-,17-,18-/m0/s1. The van der Waals surface area contributed by atoms with E-state index in [4.69, 9.17) is 16.2 Å². The van der Waals surface area contributed by atoms with Gasteiger partial charge in [0.2, 0.25) is 0 Å². The van der Waals surface area contributed by atoms with Gasteiger partial charge in [0, 0.05) is 6.04 Å². The molecule has 0 radical (unpaired) electrons. The molecule has 8 N–H and O–H groups in total. The predicted octanol–water partition coefficient (Wildman–Crippen LogP) is -0.112. The van der Waals surface area contributed by atoms with Gasteiger partial charge in [0.1, 0.15) is 29.1 Å². The number of aromatic hydroxyl groups is 1. The molecule has 2 amide bonds. The number of primary amides is 1. The van der Waals surface area contributed by atoms with E-state index in [0.717, 1.165) is 0 Å². The van der Waals surface area contributed by atoms with Crippen LogP contribution in [0.5, 0.6) is 5.75 Å². The number of aryl methyl sites for hydroxylation is 1. The van der Waals surface area contributed by atoms with Crippen molar-refractivity contribution in [1.82, 2.24) is 5.32 Å². The summed E-state index contributed by atoms with van der Waals surface area (Å²) in [6.45, 7) is 4.06. The monoisotopic (exact) mass is 381 g/mol. The van der Waals surface area contributed by atoms with E-state index in [-0.39, 0.29) is 24.2 Å². The molecule has 0 spiro atoms. The highest BCUT2D eigenvalue weighted by Crippen LogP contribution is 2.47. The minimum Gasteiger partial charge on any atom is -0.507 e. The molecule has 9 nitrogen and oxygen atoms in total. The number of nitrogens with one attached hydrogen (secondary N) is 1.